The number of hydrogen-bond acceptors (Lipinski definition) is 5. The Labute approximate surface area is 135 Å². The van der Waals surface area contributed by atoms with Crippen molar-refractivity contribution < 1.29 is 19.2 Å². The number of rotatable bonds is 0. The van der Waals surface area contributed by atoms with E-state index in [9.17, 15) is 19.2 Å². The molecule has 116 valence electrons. The Bertz CT molecular complexity index is 844. The van der Waals surface area contributed by atoms with Gasteiger partial charge in [-0.25, -0.2) is 0 Å². The summed E-state index contributed by atoms with van der Waals surface area (Å²) in [5, 5.41) is 5.26. The summed E-state index contributed by atoms with van der Waals surface area (Å²) in [6.45, 7) is 1.57. The Morgan fingerprint density at radius 1 is 1.09 bits per heavy atom. The van der Waals surface area contributed by atoms with E-state index in [1.54, 1.807) is 31.2 Å². The molecule has 0 unspecified atom stereocenters. The van der Waals surface area contributed by atoms with Gasteiger partial charge in [0.15, 0.2) is 11.3 Å². The van der Waals surface area contributed by atoms with E-state index < -0.39 is 17.5 Å². The first-order valence-electron chi connectivity index (χ1n) is 7.14. The maximum absolute atomic E-state index is 12.9. The standard InChI is InChI=1S/C16H12N2O4S/c1-7-14(21)18-16(15(22)17-7)6-23-13-10(16)11(19)8-4-2-3-5-9(8)12(13)20/h2-5,7H,6H2,1H3,(H,17,22)(H,18,21)/t7-,16-/m0/s1. The number of allylic oxidation sites excluding steroid dienone is 1. The number of carbonyl (C=O) groups excluding carboxylic acids is 4. The van der Waals surface area contributed by atoms with Crippen LogP contribution in [0.15, 0.2) is 34.7 Å². The zero-order valence-corrected chi connectivity index (χ0v) is 13.0. The van der Waals surface area contributed by atoms with E-state index in [2.05, 4.69) is 10.6 Å². The van der Waals surface area contributed by atoms with Gasteiger partial charge in [-0.2, -0.15) is 0 Å². The lowest BCUT2D eigenvalue weighted by Crippen LogP contribution is -2.70. The third-order valence-corrected chi connectivity index (χ3v) is 5.66. The molecule has 2 amide bonds. The average molecular weight is 328 g/mol. The minimum atomic E-state index is -1.45. The molecule has 1 spiro atoms. The number of ketones is 2. The second kappa shape index (κ2) is 4.55. The molecule has 1 aliphatic carbocycles. The van der Waals surface area contributed by atoms with Gasteiger partial charge in [0, 0.05) is 16.9 Å². The SMILES string of the molecule is C[C@@H]1NC(=O)[C@@]2(CSC3=C2C(=O)c2ccccc2C3=O)NC1=O. The highest BCUT2D eigenvalue weighted by molar-refractivity contribution is 8.04. The van der Waals surface area contributed by atoms with Gasteiger partial charge in [0.1, 0.15) is 6.04 Å². The lowest BCUT2D eigenvalue weighted by Gasteiger charge is -2.37. The van der Waals surface area contributed by atoms with Crippen LogP contribution in [0.3, 0.4) is 0 Å². The van der Waals surface area contributed by atoms with Crippen molar-refractivity contribution >= 4 is 35.1 Å². The van der Waals surface area contributed by atoms with Crippen molar-refractivity contribution in [2.45, 2.75) is 18.5 Å². The molecule has 3 aliphatic rings. The van der Waals surface area contributed by atoms with Crippen LogP contribution in [0, 0.1) is 0 Å². The van der Waals surface area contributed by atoms with Crippen molar-refractivity contribution in [3.05, 3.63) is 45.9 Å². The monoisotopic (exact) mass is 328 g/mol. The molecule has 2 N–H and O–H groups in total. The summed E-state index contributed by atoms with van der Waals surface area (Å²) in [7, 11) is 0. The van der Waals surface area contributed by atoms with Crippen LogP contribution in [-0.2, 0) is 9.59 Å². The largest absolute Gasteiger partial charge is 0.342 e. The molecule has 2 aliphatic heterocycles. The summed E-state index contributed by atoms with van der Waals surface area (Å²) in [4.78, 5) is 50.4. The molecule has 1 aromatic rings. The highest BCUT2D eigenvalue weighted by atomic mass is 32.2. The van der Waals surface area contributed by atoms with Crippen molar-refractivity contribution in [3.8, 4) is 0 Å². The van der Waals surface area contributed by atoms with Crippen molar-refractivity contribution in [1.29, 1.82) is 0 Å². The zero-order valence-electron chi connectivity index (χ0n) is 12.1. The Hall–Kier alpha value is -2.41. The predicted octanol–water partition coefficient (Wildman–Crippen LogP) is 0.440. The van der Waals surface area contributed by atoms with Gasteiger partial charge >= 0.3 is 0 Å². The fourth-order valence-corrected chi connectivity index (χ4v) is 4.53. The minimum absolute atomic E-state index is 0.101. The summed E-state index contributed by atoms with van der Waals surface area (Å²) >= 11 is 1.15. The van der Waals surface area contributed by atoms with Crippen LogP contribution >= 0.6 is 11.8 Å². The number of piperazine rings is 1. The van der Waals surface area contributed by atoms with E-state index in [0.717, 1.165) is 11.8 Å². The highest BCUT2D eigenvalue weighted by Crippen LogP contribution is 2.46. The van der Waals surface area contributed by atoms with Gasteiger partial charge in [-0.3, -0.25) is 19.2 Å². The lowest BCUT2D eigenvalue weighted by atomic mass is 9.78. The number of fused-ring (bicyclic) bond motifs is 2. The molecule has 1 saturated heterocycles. The number of carbonyl (C=O) groups is 4. The molecule has 23 heavy (non-hydrogen) atoms. The van der Waals surface area contributed by atoms with Gasteiger partial charge in [0.05, 0.1) is 10.5 Å². The third kappa shape index (κ3) is 1.71. The fraction of sp³-hybridized carbons (Fsp3) is 0.250. The molecule has 1 aromatic carbocycles. The topological polar surface area (TPSA) is 92.3 Å². The van der Waals surface area contributed by atoms with Crippen LogP contribution in [0.1, 0.15) is 27.6 Å². The first kappa shape index (κ1) is 14.2. The van der Waals surface area contributed by atoms with Crippen LogP contribution in [0.5, 0.6) is 0 Å². The molecule has 4 rings (SSSR count). The summed E-state index contributed by atoms with van der Waals surface area (Å²) < 4.78 is 0. The van der Waals surface area contributed by atoms with E-state index in [4.69, 9.17) is 0 Å². The average Bonchev–Trinajstić information content (AvgIpc) is 2.92. The fourth-order valence-electron chi connectivity index (χ4n) is 3.17. The lowest BCUT2D eigenvalue weighted by molar-refractivity contribution is -0.138. The zero-order chi connectivity index (χ0) is 16.4. The quantitative estimate of drug-likeness (QED) is 0.721. The molecule has 0 saturated carbocycles. The first-order chi connectivity index (χ1) is 11.0. The van der Waals surface area contributed by atoms with Crippen LogP contribution in [0.2, 0.25) is 0 Å². The first-order valence-corrected chi connectivity index (χ1v) is 8.13. The van der Waals surface area contributed by atoms with Gasteiger partial charge in [-0.1, -0.05) is 24.3 Å². The van der Waals surface area contributed by atoms with Gasteiger partial charge in [0.2, 0.25) is 11.7 Å². The van der Waals surface area contributed by atoms with Crippen LogP contribution in [-0.4, -0.2) is 40.7 Å². The summed E-state index contributed by atoms with van der Waals surface area (Å²) in [5.41, 5.74) is -0.733. The van der Waals surface area contributed by atoms with Gasteiger partial charge < -0.3 is 10.6 Å². The number of Topliss-reactive ketones (excluding diaryl/α,β-unsaturated/α-hetero) is 2. The van der Waals surface area contributed by atoms with Crippen molar-refractivity contribution in [3.63, 3.8) is 0 Å². The van der Waals surface area contributed by atoms with Crippen LogP contribution in [0.4, 0.5) is 0 Å². The number of amides is 2. The number of hydrogen-bond donors (Lipinski definition) is 2. The molecule has 0 radical (unpaired) electrons. The predicted molar refractivity (Wildman–Crippen MR) is 83.1 cm³/mol. The number of nitrogens with one attached hydrogen (secondary N) is 2. The van der Waals surface area contributed by atoms with E-state index in [1.807, 2.05) is 0 Å². The molecule has 7 heteroatoms. The van der Waals surface area contributed by atoms with Crippen molar-refractivity contribution in [2.24, 2.45) is 0 Å². The maximum Gasteiger partial charge on any atom is 0.252 e. The Morgan fingerprint density at radius 2 is 1.74 bits per heavy atom. The summed E-state index contributed by atoms with van der Waals surface area (Å²) in [6, 6.07) is 5.88. The molecule has 0 aromatic heterocycles. The summed E-state index contributed by atoms with van der Waals surface area (Å²) in [5.74, 6) is -1.29. The van der Waals surface area contributed by atoms with Crippen molar-refractivity contribution in [2.75, 3.05) is 5.75 Å². The van der Waals surface area contributed by atoms with Gasteiger partial charge in [-0.05, 0) is 6.92 Å². The van der Waals surface area contributed by atoms with E-state index in [0.29, 0.717) is 5.56 Å². The third-order valence-electron chi connectivity index (χ3n) is 4.40. The number of thioether (sulfide) groups is 1. The highest BCUT2D eigenvalue weighted by Gasteiger charge is 2.57. The van der Waals surface area contributed by atoms with E-state index >= 15 is 0 Å². The second-order valence-electron chi connectivity index (χ2n) is 5.79. The van der Waals surface area contributed by atoms with Gasteiger partial charge in [0.25, 0.3) is 5.91 Å². The minimum Gasteiger partial charge on any atom is -0.342 e. The van der Waals surface area contributed by atoms with Gasteiger partial charge in [-0.15, -0.1) is 11.8 Å². The molecule has 0 bridgehead atoms. The Kier molecular flexibility index (Phi) is 2.81. The molecular weight excluding hydrogens is 316 g/mol. The Balaban J connectivity index is 1.90. The Morgan fingerprint density at radius 3 is 2.43 bits per heavy atom. The molecular formula is C16H12N2O4S. The van der Waals surface area contributed by atoms with E-state index in [-0.39, 0.29) is 39.3 Å². The van der Waals surface area contributed by atoms with Crippen LogP contribution in [0.25, 0.3) is 0 Å². The molecule has 1 fully saturated rings. The molecule has 2 heterocycles. The maximum atomic E-state index is 12.9. The molecule has 6 nitrogen and oxygen atoms in total. The number of benzene rings is 1. The van der Waals surface area contributed by atoms with Crippen LogP contribution < -0.4 is 10.6 Å². The second-order valence-corrected chi connectivity index (χ2v) is 6.77. The summed E-state index contributed by atoms with van der Waals surface area (Å²) in [6.07, 6.45) is 0. The smallest absolute Gasteiger partial charge is 0.252 e. The molecule has 2 atom stereocenters. The normalized spacial score (nSPS) is 29.3. The van der Waals surface area contributed by atoms with E-state index in [1.165, 1.54) is 0 Å². The van der Waals surface area contributed by atoms with Crippen molar-refractivity contribution in [1.82, 2.24) is 10.6 Å².